The van der Waals surface area contributed by atoms with Crippen molar-refractivity contribution in [1.82, 2.24) is 10.6 Å². The maximum Gasteiger partial charge on any atom is 0.429 e. The van der Waals surface area contributed by atoms with Crippen LogP contribution in [0, 0.1) is 13.8 Å². The van der Waals surface area contributed by atoms with Gasteiger partial charge in [-0.2, -0.15) is 13.2 Å². The summed E-state index contributed by atoms with van der Waals surface area (Å²) < 4.78 is 46.0. The highest BCUT2D eigenvalue weighted by Gasteiger charge is 2.48. The van der Waals surface area contributed by atoms with Crippen LogP contribution in [-0.2, 0) is 9.59 Å². The van der Waals surface area contributed by atoms with Gasteiger partial charge in [0, 0.05) is 12.1 Å². The molecule has 0 radical (unpaired) electrons. The van der Waals surface area contributed by atoms with E-state index in [0.717, 1.165) is 11.6 Å². The summed E-state index contributed by atoms with van der Waals surface area (Å²) in [6.45, 7) is 3.64. The minimum Gasteiger partial charge on any atom is -0.480 e. The van der Waals surface area contributed by atoms with Gasteiger partial charge >= 0.3 is 12.1 Å². The number of rotatable bonds is 8. The lowest BCUT2D eigenvalue weighted by Gasteiger charge is -2.30. The number of aryl methyl sites for hydroxylation is 2. The zero-order valence-corrected chi connectivity index (χ0v) is 17.5. The molecule has 32 heavy (non-hydrogen) atoms. The number of hydrogen-bond acceptors (Lipinski definition) is 5. The lowest BCUT2D eigenvalue weighted by atomic mass is 9.96. The maximum atomic E-state index is 13.6. The number of halogens is 3. The molecule has 2 atom stereocenters. The third-order valence-corrected chi connectivity index (χ3v) is 4.77. The van der Waals surface area contributed by atoms with Crippen LogP contribution < -0.4 is 21.1 Å². The number of fused-ring (bicyclic) bond motifs is 1. The van der Waals surface area contributed by atoms with E-state index in [-0.39, 0.29) is 24.7 Å². The molecule has 0 fully saturated rings. The van der Waals surface area contributed by atoms with Gasteiger partial charge < -0.3 is 31.4 Å². The Morgan fingerprint density at radius 3 is 2.56 bits per heavy atom. The van der Waals surface area contributed by atoms with Crippen molar-refractivity contribution in [3.05, 3.63) is 34.4 Å². The van der Waals surface area contributed by atoms with Crippen LogP contribution in [0.15, 0.2) is 22.9 Å². The summed E-state index contributed by atoms with van der Waals surface area (Å²) in [7, 11) is 0. The van der Waals surface area contributed by atoms with Crippen LogP contribution in [0.2, 0.25) is 0 Å². The Morgan fingerprint density at radius 2 is 1.97 bits per heavy atom. The standard InChI is InChI=1S/C20H25F3N4O5/c1-10-7-11(2)15-12(8-10)9-13(16(32-15)20(21,22)23)17(28)26-14(18(29)30)5-3-4-6-25-19(24)27-31/h7-9,14,16,31H,3-6H2,1-2H3,(H,26,28)(H,29,30)(H3,24,25,27)/t14?,16-/m0/s1. The molecule has 12 heteroatoms. The molecule has 2 rings (SSSR count). The van der Waals surface area contributed by atoms with Crippen LogP contribution >= 0.6 is 0 Å². The van der Waals surface area contributed by atoms with Crippen LogP contribution in [-0.4, -0.2) is 53.0 Å². The third-order valence-electron chi connectivity index (χ3n) is 4.77. The Hall–Kier alpha value is -3.44. The van der Waals surface area contributed by atoms with Crippen molar-refractivity contribution in [1.29, 1.82) is 0 Å². The monoisotopic (exact) mass is 458 g/mol. The molecule has 0 bridgehead atoms. The number of benzene rings is 1. The molecule has 1 amide bonds. The molecule has 1 aromatic carbocycles. The Morgan fingerprint density at radius 1 is 1.28 bits per heavy atom. The number of nitrogens with zero attached hydrogens (tertiary/aromatic N) is 1. The van der Waals surface area contributed by atoms with Crippen LogP contribution in [0.5, 0.6) is 5.75 Å². The van der Waals surface area contributed by atoms with Crippen molar-refractivity contribution in [3.8, 4) is 5.75 Å². The van der Waals surface area contributed by atoms with E-state index in [1.807, 2.05) is 0 Å². The van der Waals surface area contributed by atoms with Gasteiger partial charge in [-0.3, -0.25) is 4.79 Å². The van der Waals surface area contributed by atoms with Crippen LogP contribution in [0.1, 0.15) is 36.0 Å². The topological polar surface area (TPSA) is 146 Å². The minimum atomic E-state index is -4.88. The summed E-state index contributed by atoms with van der Waals surface area (Å²) in [5, 5.41) is 25.3. The lowest BCUT2D eigenvalue weighted by molar-refractivity contribution is -0.185. The van der Waals surface area contributed by atoms with Crippen LogP contribution in [0.4, 0.5) is 13.2 Å². The summed E-state index contributed by atoms with van der Waals surface area (Å²) in [4.78, 5) is 24.2. The summed E-state index contributed by atoms with van der Waals surface area (Å²) in [6, 6.07) is 1.85. The number of amides is 1. The first kappa shape index (κ1) is 24.8. The van der Waals surface area contributed by atoms with Crippen molar-refractivity contribution < 1.29 is 37.8 Å². The number of carboxylic acids is 1. The van der Waals surface area contributed by atoms with Gasteiger partial charge in [-0.1, -0.05) is 16.8 Å². The molecular weight excluding hydrogens is 433 g/mol. The predicted molar refractivity (Wildman–Crippen MR) is 109 cm³/mol. The molecule has 1 unspecified atom stereocenters. The predicted octanol–water partition coefficient (Wildman–Crippen LogP) is 2.04. The fourth-order valence-electron chi connectivity index (χ4n) is 3.33. The van der Waals surface area contributed by atoms with E-state index >= 15 is 0 Å². The smallest absolute Gasteiger partial charge is 0.429 e. The van der Waals surface area contributed by atoms with Gasteiger partial charge in [0.1, 0.15) is 11.8 Å². The lowest BCUT2D eigenvalue weighted by Crippen LogP contribution is -2.47. The van der Waals surface area contributed by atoms with Crippen LogP contribution in [0.25, 0.3) is 6.08 Å². The Kier molecular flexibility index (Phi) is 7.95. The van der Waals surface area contributed by atoms with Gasteiger partial charge in [0.15, 0.2) is 0 Å². The van der Waals surface area contributed by atoms with E-state index < -0.39 is 35.8 Å². The first-order valence-corrected chi connectivity index (χ1v) is 9.75. The normalized spacial score (nSPS) is 17.0. The maximum absolute atomic E-state index is 13.6. The first-order valence-electron chi connectivity index (χ1n) is 9.75. The molecular formula is C20H25F3N4O5. The summed E-state index contributed by atoms with van der Waals surface area (Å²) in [5.74, 6) is -2.72. The second kappa shape index (κ2) is 10.2. The van der Waals surface area contributed by atoms with Crippen LogP contribution in [0.3, 0.4) is 0 Å². The SMILES string of the molecule is Cc1cc(C)c2c(c1)C=C(C(=O)NC(CCCCN/C(N)=N\O)C(=O)O)[C@@H](C(F)(F)F)O2. The highest BCUT2D eigenvalue weighted by molar-refractivity contribution is 6.01. The van der Waals surface area contributed by atoms with Gasteiger partial charge in [0.05, 0.1) is 5.57 Å². The molecule has 0 saturated heterocycles. The molecule has 6 N–H and O–H groups in total. The molecule has 176 valence electrons. The van der Waals surface area contributed by atoms with E-state index in [0.29, 0.717) is 24.0 Å². The highest BCUT2D eigenvalue weighted by Crippen LogP contribution is 2.39. The zero-order valence-electron chi connectivity index (χ0n) is 17.5. The molecule has 1 aliphatic rings. The second-order valence-corrected chi connectivity index (χ2v) is 7.41. The number of carbonyl (C=O) groups excluding carboxylic acids is 1. The quantitative estimate of drug-likeness (QED) is 0.132. The molecule has 0 aromatic heterocycles. The minimum absolute atomic E-state index is 0.0292. The van der Waals surface area contributed by atoms with Gasteiger partial charge in [-0.25, -0.2) is 4.79 Å². The number of ether oxygens (including phenoxy) is 1. The largest absolute Gasteiger partial charge is 0.480 e. The van der Waals surface area contributed by atoms with Crippen molar-refractivity contribution in [2.75, 3.05) is 6.54 Å². The number of unbranched alkanes of at least 4 members (excludes halogenated alkanes) is 1. The fourth-order valence-corrected chi connectivity index (χ4v) is 3.33. The molecule has 1 aromatic rings. The summed E-state index contributed by atoms with van der Waals surface area (Å²) in [6.07, 6.45) is -5.61. The number of nitrogens with one attached hydrogen (secondary N) is 2. The van der Waals surface area contributed by atoms with Crippen molar-refractivity contribution >= 4 is 23.9 Å². The number of carbonyl (C=O) groups is 2. The zero-order chi connectivity index (χ0) is 24.1. The number of hydrogen-bond donors (Lipinski definition) is 5. The van der Waals surface area contributed by atoms with Gasteiger partial charge in [-0.05, 0) is 50.8 Å². The molecule has 0 saturated carbocycles. The number of oxime groups is 1. The molecule has 1 aliphatic heterocycles. The fraction of sp³-hybridized carbons (Fsp3) is 0.450. The molecule has 9 nitrogen and oxygen atoms in total. The van der Waals surface area contributed by atoms with E-state index in [2.05, 4.69) is 15.8 Å². The van der Waals surface area contributed by atoms with Gasteiger partial charge in [0.25, 0.3) is 5.91 Å². The number of alkyl halides is 3. The van der Waals surface area contributed by atoms with E-state index in [4.69, 9.17) is 15.7 Å². The average Bonchev–Trinajstić information content (AvgIpc) is 2.70. The molecule has 0 aliphatic carbocycles. The third kappa shape index (κ3) is 6.28. The van der Waals surface area contributed by atoms with E-state index in [1.54, 1.807) is 26.0 Å². The summed E-state index contributed by atoms with van der Waals surface area (Å²) >= 11 is 0. The van der Waals surface area contributed by atoms with Crippen molar-refractivity contribution in [2.24, 2.45) is 10.9 Å². The van der Waals surface area contributed by atoms with E-state index in [9.17, 15) is 27.9 Å². The number of nitrogens with two attached hydrogens (primary N) is 1. The number of carboxylic acid groups (broad SMARTS) is 1. The van der Waals surface area contributed by atoms with E-state index in [1.165, 1.54) is 0 Å². The Bertz CT molecular complexity index is 931. The van der Waals surface area contributed by atoms with Gasteiger partial charge in [0.2, 0.25) is 12.1 Å². The molecule has 1 heterocycles. The first-order chi connectivity index (χ1) is 14.9. The number of guanidine groups is 1. The Labute approximate surface area is 182 Å². The number of aliphatic carboxylic acids is 1. The second-order valence-electron chi connectivity index (χ2n) is 7.41. The van der Waals surface area contributed by atoms with Gasteiger partial charge in [-0.15, -0.1) is 0 Å². The highest BCUT2D eigenvalue weighted by atomic mass is 19.4. The molecule has 0 spiro atoms. The summed E-state index contributed by atoms with van der Waals surface area (Å²) in [5.41, 5.74) is 6.11. The van der Waals surface area contributed by atoms with Crippen molar-refractivity contribution in [2.45, 2.75) is 51.4 Å². The van der Waals surface area contributed by atoms with Crippen molar-refractivity contribution in [3.63, 3.8) is 0 Å². The Balaban J connectivity index is 2.17. The average molecular weight is 458 g/mol.